The van der Waals surface area contributed by atoms with Crippen LogP contribution in [0.3, 0.4) is 0 Å². The van der Waals surface area contributed by atoms with E-state index in [1.165, 1.54) is 4.90 Å². The Balaban J connectivity index is 1.29. The minimum atomic E-state index is -0.515. The minimum absolute atomic E-state index is 0.200. The van der Waals surface area contributed by atoms with Gasteiger partial charge in [0.1, 0.15) is 29.5 Å². The molecular weight excluding hydrogens is 572 g/mol. The molecule has 0 unspecified atom stereocenters. The Morgan fingerprint density at radius 2 is 1.80 bits per heavy atom. The lowest BCUT2D eigenvalue weighted by molar-refractivity contribution is -0.122. The van der Waals surface area contributed by atoms with Crippen molar-refractivity contribution < 1.29 is 19.1 Å². The van der Waals surface area contributed by atoms with E-state index >= 15 is 0 Å². The third kappa shape index (κ3) is 6.85. The number of benzene rings is 2. The fraction of sp³-hybridized carbons (Fsp3) is 0.273. The quantitative estimate of drug-likeness (QED) is 0.314. The summed E-state index contributed by atoms with van der Waals surface area (Å²) in [6.45, 7) is 4.74. The van der Waals surface area contributed by atoms with Crippen LogP contribution in [0.15, 0.2) is 79.1 Å². The lowest BCUT2D eigenvalue weighted by atomic mass is 10.2. The number of pyridine rings is 1. The van der Waals surface area contributed by atoms with E-state index in [4.69, 9.17) is 14.8 Å². The summed E-state index contributed by atoms with van der Waals surface area (Å²) >= 11 is 0. The molecule has 45 heavy (non-hydrogen) atoms. The molecule has 6 rings (SSSR count). The Morgan fingerprint density at radius 3 is 2.64 bits per heavy atom. The SMILES string of the molecule is Cc1ccn2cc(C(=O)N3CCCNC(=O)c4cccc(c4)OCCn4nc(-c5ccccc5)nc4[C@H](C)NC(=O)C3)nc2c1. The number of fused-ring (bicyclic) bond motifs is 4. The zero-order valence-corrected chi connectivity index (χ0v) is 25.1. The van der Waals surface area contributed by atoms with Crippen LogP contribution < -0.4 is 15.4 Å². The maximum absolute atomic E-state index is 13.7. The van der Waals surface area contributed by atoms with E-state index < -0.39 is 6.04 Å². The Hall–Kier alpha value is -5.52. The van der Waals surface area contributed by atoms with Crippen molar-refractivity contribution in [1.29, 1.82) is 0 Å². The molecule has 230 valence electrons. The van der Waals surface area contributed by atoms with Crippen LogP contribution in [0.25, 0.3) is 17.0 Å². The van der Waals surface area contributed by atoms with Crippen LogP contribution in [0, 0.1) is 6.92 Å². The van der Waals surface area contributed by atoms with Crippen LogP contribution in [-0.4, -0.2) is 73.0 Å². The zero-order chi connectivity index (χ0) is 31.3. The molecule has 12 nitrogen and oxygen atoms in total. The first-order valence-electron chi connectivity index (χ1n) is 14.9. The first-order chi connectivity index (χ1) is 21.8. The van der Waals surface area contributed by atoms with E-state index in [1.54, 1.807) is 39.5 Å². The molecule has 5 aromatic rings. The summed E-state index contributed by atoms with van der Waals surface area (Å²) in [5.41, 5.74) is 3.20. The number of imidazole rings is 1. The average molecular weight is 607 g/mol. The van der Waals surface area contributed by atoms with Crippen LogP contribution >= 0.6 is 0 Å². The summed E-state index contributed by atoms with van der Waals surface area (Å²) < 4.78 is 9.47. The van der Waals surface area contributed by atoms with Gasteiger partial charge in [0.05, 0.1) is 19.1 Å². The molecule has 0 saturated heterocycles. The summed E-state index contributed by atoms with van der Waals surface area (Å²) in [5.74, 6) is 0.632. The van der Waals surface area contributed by atoms with E-state index in [-0.39, 0.29) is 43.1 Å². The van der Waals surface area contributed by atoms with Gasteiger partial charge in [-0.15, -0.1) is 0 Å². The lowest BCUT2D eigenvalue weighted by Gasteiger charge is -2.23. The van der Waals surface area contributed by atoms with Crippen LogP contribution in [0.1, 0.15) is 51.6 Å². The van der Waals surface area contributed by atoms with Crippen LogP contribution in [0.5, 0.6) is 5.75 Å². The van der Waals surface area contributed by atoms with Crippen molar-refractivity contribution >= 4 is 23.4 Å². The van der Waals surface area contributed by atoms with Crippen molar-refractivity contribution in [3.8, 4) is 17.1 Å². The zero-order valence-electron chi connectivity index (χ0n) is 25.1. The molecule has 0 spiro atoms. The van der Waals surface area contributed by atoms with Gasteiger partial charge < -0.3 is 24.7 Å². The predicted molar refractivity (Wildman–Crippen MR) is 167 cm³/mol. The standard InChI is InChI=1S/C33H34N8O4/c1-22-12-15-39-20-27(36-28(39)18-22)33(44)40-14-7-13-34-32(43)25-10-6-11-26(19-25)45-17-16-41-31(23(2)35-29(42)21-40)37-30(38-41)24-8-4-3-5-9-24/h3-6,8-12,15,18-20,23H,7,13-14,16-17,21H2,1-2H3,(H,34,43)(H,35,42)/t23-/m0/s1. The molecule has 1 aliphatic rings. The van der Waals surface area contributed by atoms with E-state index in [2.05, 4.69) is 15.6 Å². The summed E-state index contributed by atoms with van der Waals surface area (Å²) in [4.78, 5) is 50.7. The Labute approximate surface area is 260 Å². The second-order valence-corrected chi connectivity index (χ2v) is 11.0. The summed E-state index contributed by atoms with van der Waals surface area (Å²) in [6, 6.07) is 19.9. The first-order valence-corrected chi connectivity index (χ1v) is 14.9. The van der Waals surface area contributed by atoms with Crippen molar-refractivity contribution in [2.24, 2.45) is 0 Å². The van der Waals surface area contributed by atoms with Crippen molar-refractivity contribution in [1.82, 2.24) is 39.7 Å². The number of rotatable bonds is 2. The van der Waals surface area contributed by atoms with Gasteiger partial charge in [-0.1, -0.05) is 36.4 Å². The molecule has 2 N–H and O–H groups in total. The maximum atomic E-state index is 13.7. The second-order valence-electron chi connectivity index (χ2n) is 11.0. The fourth-order valence-corrected chi connectivity index (χ4v) is 5.23. The van der Waals surface area contributed by atoms with E-state index in [9.17, 15) is 14.4 Å². The molecule has 1 atom stereocenters. The number of nitrogens with one attached hydrogen (secondary N) is 2. The molecule has 12 heteroatoms. The van der Waals surface area contributed by atoms with E-state index in [1.807, 2.05) is 62.5 Å². The molecule has 2 bridgehead atoms. The number of amides is 3. The summed E-state index contributed by atoms with van der Waals surface area (Å²) in [7, 11) is 0. The number of aromatic nitrogens is 5. The number of aryl methyl sites for hydroxylation is 1. The van der Waals surface area contributed by atoms with Gasteiger partial charge in [0.25, 0.3) is 11.8 Å². The first kappa shape index (κ1) is 29.5. The number of hydrogen-bond donors (Lipinski definition) is 2. The van der Waals surface area contributed by atoms with Gasteiger partial charge in [-0.3, -0.25) is 14.4 Å². The predicted octanol–water partition coefficient (Wildman–Crippen LogP) is 3.43. The van der Waals surface area contributed by atoms with Gasteiger partial charge in [0.15, 0.2) is 5.82 Å². The molecular formula is C33H34N8O4. The third-order valence-corrected chi connectivity index (χ3v) is 7.51. The van der Waals surface area contributed by atoms with E-state index in [0.717, 1.165) is 11.1 Å². The highest BCUT2D eigenvalue weighted by Crippen LogP contribution is 2.20. The van der Waals surface area contributed by atoms with Gasteiger partial charge in [-0.2, -0.15) is 5.10 Å². The van der Waals surface area contributed by atoms with Crippen LogP contribution in [-0.2, 0) is 11.3 Å². The highest BCUT2D eigenvalue weighted by atomic mass is 16.5. The highest BCUT2D eigenvalue weighted by molar-refractivity contribution is 5.96. The van der Waals surface area contributed by atoms with Crippen LogP contribution in [0.4, 0.5) is 0 Å². The number of carbonyl (C=O) groups excluding carboxylic acids is 3. The van der Waals surface area contributed by atoms with Crippen molar-refractivity contribution in [2.75, 3.05) is 26.2 Å². The van der Waals surface area contributed by atoms with E-state index in [0.29, 0.717) is 48.1 Å². The van der Waals surface area contributed by atoms with Crippen molar-refractivity contribution in [2.45, 2.75) is 32.9 Å². The molecule has 0 aliphatic carbocycles. The summed E-state index contributed by atoms with van der Waals surface area (Å²) in [6.07, 6.45) is 3.93. The van der Waals surface area contributed by atoms with Gasteiger partial charge in [0, 0.05) is 36.6 Å². The average Bonchev–Trinajstić information content (AvgIpc) is 3.67. The molecule has 0 fully saturated rings. The smallest absolute Gasteiger partial charge is 0.274 e. The molecule has 0 radical (unpaired) electrons. The van der Waals surface area contributed by atoms with Gasteiger partial charge in [-0.05, 0) is 56.2 Å². The lowest BCUT2D eigenvalue weighted by Crippen LogP contribution is -2.43. The normalized spacial score (nSPS) is 16.6. The maximum Gasteiger partial charge on any atom is 0.274 e. The number of hydrogen-bond acceptors (Lipinski definition) is 7. The third-order valence-electron chi connectivity index (χ3n) is 7.51. The largest absolute Gasteiger partial charge is 0.492 e. The Morgan fingerprint density at radius 1 is 0.978 bits per heavy atom. The van der Waals surface area contributed by atoms with Gasteiger partial charge >= 0.3 is 0 Å². The second kappa shape index (κ2) is 13.0. The summed E-state index contributed by atoms with van der Waals surface area (Å²) in [5, 5.41) is 10.6. The highest BCUT2D eigenvalue weighted by Gasteiger charge is 2.24. The molecule has 3 amide bonds. The molecule has 2 aromatic carbocycles. The molecule has 0 saturated carbocycles. The van der Waals surface area contributed by atoms with Gasteiger partial charge in [-0.25, -0.2) is 14.6 Å². The van der Waals surface area contributed by atoms with Gasteiger partial charge in [0.2, 0.25) is 5.91 Å². The Kier molecular flexibility index (Phi) is 8.54. The fourth-order valence-electron chi connectivity index (χ4n) is 5.23. The Bertz CT molecular complexity index is 1850. The minimum Gasteiger partial charge on any atom is -0.492 e. The topological polar surface area (TPSA) is 136 Å². The monoisotopic (exact) mass is 606 g/mol. The number of carbonyl (C=O) groups is 3. The molecule has 4 heterocycles. The van der Waals surface area contributed by atoms with Crippen LogP contribution in [0.2, 0.25) is 0 Å². The molecule has 3 aromatic heterocycles. The molecule has 1 aliphatic heterocycles. The van der Waals surface area contributed by atoms with Crippen molar-refractivity contribution in [3.05, 3.63) is 102 Å². The number of ether oxygens (including phenoxy) is 1. The number of nitrogens with zero attached hydrogens (tertiary/aromatic N) is 6. The van der Waals surface area contributed by atoms with Crippen molar-refractivity contribution in [3.63, 3.8) is 0 Å².